The number of likely N-dealkylation sites (tertiary alicyclic amines) is 2. The molecule has 0 aromatic rings. The fraction of sp³-hybridized carbons (Fsp3) is 0.938. The van der Waals surface area contributed by atoms with Crippen LogP contribution >= 0.6 is 0 Å². The molecule has 3 aliphatic heterocycles. The summed E-state index contributed by atoms with van der Waals surface area (Å²) < 4.78 is 5.39. The Hall–Kier alpha value is -0.610. The molecule has 0 aromatic heterocycles. The SMILES string of the molecule is CCN1CCC[C@H]1[C@@H]1CCCN1C(=O)C1CCOCC1. The fourth-order valence-corrected chi connectivity index (χ4v) is 4.33. The molecule has 0 aliphatic carbocycles. The molecule has 1 amide bonds. The smallest absolute Gasteiger partial charge is 0.226 e. The van der Waals surface area contributed by atoms with Gasteiger partial charge in [-0.3, -0.25) is 9.69 Å². The molecule has 4 heteroatoms. The molecule has 0 bridgehead atoms. The first-order valence-corrected chi connectivity index (χ1v) is 8.43. The number of rotatable bonds is 3. The summed E-state index contributed by atoms with van der Waals surface area (Å²) in [6.07, 6.45) is 6.81. The Kier molecular flexibility index (Phi) is 4.61. The monoisotopic (exact) mass is 280 g/mol. The van der Waals surface area contributed by atoms with Crippen molar-refractivity contribution in [2.24, 2.45) is 5.92 Å². The van der Waals surface area contributed by atoms with E-state index in [1.54, 1.807) is 0 Å². The second kappa shape index (κ2) is 6.44. The van der Waals surface area contributed by atoms with E-state index in [1.807, 2.05) is 0 Å². The van der Waals surface area contributed by atoms with Gasteiger partial charge in [-0.25, -0.2) is 0 Å². The van der Waals surface area contributed by atoms with E-state index in [0.717, 1.165) is 39.1 Å². The van der Waals surface area contributed by atoms with Crippen LogP contribution in [0.5, 0.6) is 0 Å². The standard InChI is InChI=1S/C16H28N2O2/c1-2-17-9-3-5-14(17)15-6-4-10-18(15)16(19)13-7-11-20-12-8-13/h13-15H,2-12H2,1H3/t14-,15-/m0/s1. The number of likely N-dealkylation sites (N-methyl/N-ethyl adjacent to an activating group) is 1. The molecule has 3 aliphatic rings. The third kappa shape index (κ3) is 2.73. The van der Waals surface area contributed by atoms with Crippen LogP contribution in [0.1, 0.15) is 45.4 Å². The zero-order valence-corrected chi connectivity index (χ0v) is 12.7. The third-order valence-corrected chi connectivity index (χ3v) is 5.42. The van der Waals surface area contributed by atoms with Crippen LogP contribution in [-0.4, -0.2) is 60.6 Å². The van der Waals surface area contributed by atoms with Gasteiger partial charge in [-0.15, -0.1) is 0 Å². The maximum atomic E-state index is 12.8. The molecular formula is C16H28N2O2. The average Bonchev–Trinajstić information content (AvgIpc) is 3.15. The third-order valence-electron chi connectivity index (χ3n) is 5.42. The molecule has 0 unspecified atom stereocenters. The van der Waals surface area contributed by atoms with Crippen molar-refractivity contribution in [3.05, 3.63) is 0 Å². The summed E-state index contributed by atoms with van der Waals surface area (Å²) in [5.74, 6) is 0.639. The largest absolute Gasteiger partial charge is 0.381 e. The first-order valence-electron chi connectivity index (χ1n) is 8.43. The Labute approximate surface area is 122 Å². The van der Waals surface area contributed by atoms with Crippen LogP contribution in [0.15, 0.2) is 0 Å². The van der Waals surface area contributed by atoms with Crippen LogP contribution in [0, 0.1) is 5.92 Å². The molecule has 20 heavy (non-hydrogen) atoms. The minimum atomic E-state index is 0.223. The summed E-state index contributed by atoms with van der Waals surface area (Å²) in [6.45, 7) is 7.10. The molecule has 3 saturated heterocycles. The van der Waals surface area contributed by atoms with E-state index in [0.29, 0.717) is 18.0 Å². The Morgan fingerprint density at radius 2 is 1.75 bits per heavy atom. The molecule has 0 aromatic carbocycles. The molecule has 0 spiro atoms. The molecule has 0 radical (unpaired) electrons. The zero-order valence-electron chi connectivity index (χ0n) is 12.7. The Balaban J connectivity index is 1.66. The summed E-state index contributed by atoms with van der Waals surface area (Å²) in [6, 6.07) is 1.10. The van der Waals surface area contributed by atoms with Crippen LogP contribution in [-0.2, 0) is 9.53 Å². The Morgan fingerprint density at radius 1 is 1.05 bits per heavy atom. The highest BCUT2D eigenvalue weighted by molar-refractivity contribution is 5.79. The highest BCUT2D eigenvalue weighted by atomic mass is 16.5. The lowest BCUT2D eigenvalue weighted by Crippen LogP contribution is -2.50. The van der Waals surface area contributed by atoms with Crippen molar-refractivity contribution in [1.29, 1.82) is 0 Å². The van der Waals surface area contributed by atoms with E-state index in [1.165, 1.54) is 32.2 Å². The lowest BCUT2D eigenvalue weighted by Gasteiger charge is -2.36. The van der Waals surface area contributed by atoms with Gasteiger partial charge in [-0.05, 0) is 51.6 Å². The second-order valence-corrected chi connectivity index (χ2v) is 6.47. The fourth-order valence-electron chi connectivity index (χ4n) is 4.33. The molecule has 0 N–H and O–H groups in total. The van der Waals surface area contributed by atoms with E-state index in [4.69, 9.17) is 4.74 Å². The van der Waals surface area contributed by atoms with Gasteiger partial charge in [0.2, 0.25) is 5.91 Å². The predicted molar refractivity (Wildman–Crippen MR) is 78.5 cm³/mol. The summed E-state index contributed by atoms with van der Waals surface area (Å²) in [5, 5.41) is 0. The van der Waals surface area contributed by atoms with E-state index < -0.39 is 0 Å². The molecule has 3 fully saturated rings. The maximum Gasteiger partial charge on any atom is 0.226 e. The van der Waals surface area contributed by atoms with Crippen LogP contribution < -0.4 is 0 Å². The van der Waals surface area contributed by atoms with Crippen molar-refractivity contribution in [2.45, 2.75) is 57.5 Å². The van der Waals surface area contributed by atoms with Crippen molar-refractivity contribution >= 4 is 5.91 Å². The Morgan fingerprint density at radius 3 is 2.50 bits per heavy atom. The predicted octanol–water partition coefficient (Wildman–Crippen LogP) is 1.89. The van der Waals surface area contributed by atoms with Gasteiger partial charge in [0, 0.05) is 37.8 Å². The number of carbonyl (C=O) groups is 1. The van der Waals surface area contributed by atoms with Crippen LogP contribution in [0.3, 0.4) is 0 Å². The van der Waals surface area contributed by atoms with E-state index in [2.05, 4.69) is 16.7 Å². The number of nitrogens with zero attached hydrogens (tertiary/aromatic N) is 2. The molecular weight excluding hydrogens is 252 g/mol. The van der Waals surface area contributed by atoms with E-state index in [9.17, 15) is 4.79 Å². The van der Waals surface area contributed by atoms with Crippen LogP contribution in [0.4, 0.5) is 0 Å². The Bertz CT molecular complexity index is 341. The van der Waals surface area contributed by atoms with Gasteiger partial charge >= 0.3 is 0 Å². The lowest BCUT2D eigenvalue weighted by molar-refractivity contribution is -0.140. The summed E-state index contributed by atoms with van der Waals surface area (Å²) in [7, 11) is 0. The van der Waals surface area contributed by atoms with Crippen molar-refractivity contribution < 1.29 is 9.53 Å². The minimum Gasteiger partial charge on any atom is -0.381 e. The first-order chi connectivity index (χ1) is 9.81. The van der Waals surface area contributed by atoms with Gasteiger partial charge in [0.25, 0.3) is 0 Å². The van der Waals surface area contributed by atoms with Gasteiger partial charge in [-0.1, -0.05) is 6.92 Å². The van der Waals surface area contributed by atoms with Gasteiger partial charge in [0.05, 0.1) is 0 Å². The zero-order chi connectivity index (χ0) is 13.9. The lowest BCUT2D eigenvalue weighted by atomic mass is 9.96. The quantitative estimate of drug-likeness (QED) is 0.791. The highest BCUT2D eigenvalue weighted by Gasteiger charge is 2.40. The van der Waals surface area contributed by atoms with Gasteiger partial charge < -0.3 is 9.64 Å². The molecule has 114 valence electrons. The maximum absolute atomic E-state index is 12.8. The molecule has 4 nitrogen and oxygen atoms in total. The number of hydrogen-bond donors (Lipinski definition) is 0. The number of ether oxygens (including phenoxy) is 1. The molecule has 3 heterocycles. The van der Waals surface area contributed by atoms with Crippen LogP contribution in [0.2, 0.25) is 0 Å². The number of carbonyl (C=O) groups excluding carboxylic acids is 1. The first kappa shape index (κ1) is 14.3. The van der Waals surface area contributed by atoms with Crippen molar-refractivity contribution in [2.75, 3.05) is 32.8 Å². The van der Waals surface area contributed by atoms with E-state index >= 15 is 0 Å². The van der Waals surface area contributed by atoms with Crippen LogP contribution in [0.25, 0.3) is 0 Å². The minimum absolute atomic E-state index is 0.223. The van der Waals surface area contributed by atoms with E-state index in [-0.39, 0.29) is 5.92 Å². The van der Waals surface area contributed by atoms with Crippen molar-refractivity contribution in [3.63, 3.8) is 0 Å². The van der Waals surface area contributed by atoms with Gasteiger partial charge in [0.1, 0.15) is 0 Å². The summed E-state index contributed by atoms with van der Waals surface area (Å²) >= 11 is 0. The van der Waals surface area contributed by atoms with Crippen molar-refractivity contribution in [1.82, 2.24) is 9.80 Å². The molecule has 2 atom stereocenters. The topological polar surface area (TPSA) is 32.8 Å². The van der Waals surface area contributed by atoms with Gasteiger partial charge in [-0.2, -0.15) is 0 Å². The summed E-state index contributed by atoms with van der Waals surface area (Å²) in [4.78, 5) is 17.6. The normalized spacial score (nSPS) is 33.0. The van der Waals surface area contributed by atoms with Crippen molar-refractivity contribution in [3.8, 4) is 0 Å². The molecule has 0 saturated carbocycles. The number of amides is 1. The van der Waals surface area contributed by atoms with Gasteiger partial charge in [0.15, 0.2) is 0 Å². The highest BCUT2D eigenvalue weighted by Crippen LogP contribution is 2.32. The second-order valence-electron chi connectivity index (χ2n) is 6.47. The number of hydrogen-bond acceptors (Lipinski definition) is 3. The average molecular weight is 280 g/mol. The molecule has 3 rings (SSSR count). The summed E-state index contributed by atoms with van der Waals surface area (Å²) in [5.41, 5.74) is 0.